The molecule has 1 amide bonds. The Labute approximate surface area is 132 Å². The molecule has 0 unspecified atom stereocenters. The van der Waals surface area contributed by atoms with Crippen LogP contribution < -0.4 is 11.1 Å². The van der Waals surface area contributed by atoms with Crippen LogP contribution in [0, 0.1) is 0 Å². The van der Waals surface area contributed by atoms with Crippen molar-refractivity contribution in [3.8, 4) is 0 Å². The Hall–Kier alpha value is -0.830. The summed E-state index contributed by atoms with van der Waals surface area (Å²) in [5, 5.41) is 3.38. The van der Waals surface area contributed by atoms with E-state index in [1.54, 1.807) is 0 Å². The minimum atomic E-state index is -0.481. The van der Waals surface area contributed by atoms with E-state index in [9.17, 15) is 4.79 Å². The fourth-order valence-corrected chi connectivity index (χ4v) is 2.09. The number of nitrogens with two attached hydrogens (primary N) is 1. The predicted octanol–water partition coefficient (Wildman–Crippen LogP) is 4.56. The smallest absolute Gasteiger partial charge is 0.240 e. The number of rotatable bonds is 14. The molecule has 126 valence electrons. The van der Waals surface area contributed by atoms with Crippen molar-refractivity contribution in [3.05, 3.63) is 12.7 Å². The zero-order chi connectivity index (χ0) is 16.2. The molecule has 0 aromatic carbocycles. The van der Waals surface area contributed by atoms with Crippen LogP contribution in [0.15, 0.2) is 12.7 Å². The summed E-state index contributed by atoms with van der Waals surface area (Å²) in [6.45, 7) is 9.89. The molecule has 0 bridgehead atoms. The van der Waals surface area contributed by atoms with Gasteiger partial charge in [0, 0.05) is 0 Å². The largest absolute Gasteiger partial charge is 0.366 e. The van der Waals surface area contributed by atoms with Crippen LogP contribution in [0.5, 0.6) is 0 Å². The summed E-state index contributed by atoms with van der Waals surface area (Å²) in [6, 6.07) is 0. The van der Waals surface area contributed by atoms with Gasteiger partial charge in [-0.15, -0.1) is 0 Å². The SMILES string of the molecule is C=CC(N)=O.CCCCCCCCCCCCCNCC. The molecule has 3 nitrogen and oxygen atoms in total. The van der Waals surface area contributed by atoms with Crippen molar-refractivity contribution in [2.24, 2.45) is 5.73 Å². The van der Waals surface area contributed by atoms with Crippen molar-refractivity contribution in [2.45, 2.75) is 84.5 Å². The van der Waals surface area contributed by atoms with Gasteiger partial charge in [-0.2, -0.15) is 0 Å². The normalized spacial score (nSPS) is 9.81. The topological polar surface area (TPSA) is 55.1 Å². The molecule has 21 heavy (non-hydrogen) atoms. The van der Waals surface area contributed by atoms with Crippen molar-refractivity contribution < 1.29 is 4.79 Å². The first-order valence-corrected chi connectivity index (χ1v) is 8.81. The highest BCUT2D eigenvalue weighted by atomic mass is 16.1. The van der Waals surface area contributed by atoms with Gasteiger partial charge in [0.25, 0.3) is 0 Å². The number of primary amides is 1. The quantitative estimate of drug-likeness (QED) is 0.365. The summed E-state index contributed by atoms with van der Waals surface area (Å²) in [5.41, 5.74) is 4.53. The Morgan fingerprint density at radius 2 is 1.29 bits per heavy atom. The minimum Gasteiger partial charge on any atom is -0.366 e. The maximum absolute atomic E-state index is 9.47. The molecule has 0 radical (unpaired) electrons. The molecule has 0 fully saturated rings. The molecule has 3 heteroatoms. The lowest BCUT2D eigenvalue weighted by Gasteiger charge is -2.03. The number of carbonyl (C=O) groups is 1. The molecular weight excluding hydrogens is 260 g/mol. The van der Waals surface area contributed by atoms with Crippen molar-refractivity contribution >= 4 is 5.91 Å². The first-order chi connectivity index (χ1) is 10.2. The summed E-state index contributed by atoms with van der Waals surface area (Å²) >= 11 is 0. The summed E-state index contributed by atoms with van der Waals surface area (Å²) < 4.78 is 0. The van der Waals surface area contributed by atoms with Gasteiger partial charge in [0.15, 0.2) is 0 Å². The van der Waals surface area contributed by atoms with E-state index in [0.29, 0.717) is 0 Å². The van der Waals surface area contributed by atoms with Crippen LogP contribution in [-0.2, 0) is 4.79 Å². The first kappa shape index (κ1) is 22.5. The average molecular weight is 299 g/mol. The average Bonchev–Trinajstić information content (AvgIpc) is 2.49. The molecule has 3 N–H and O–H groups in total. The van der Waals surface area contributed by atoms with Gasteiger partial charge in [0.05, 0.1) is 0 Å². The minimum absolute atomic E-state index is 0.481. The van der Waals surface area contributed by atoms with E-state index < -0.39 is 5.91 Å². The molecule has 0 heterocycles. The third-order valence-corrected chi connectivity index (χ3v) is 3.41. The second-order valence-corrected chi connectivity index (χ2v) is 5.50. The second kappa shape index (κ2) is 21.5. The Morgan fingerprint density at radius 3 is 1.62 bits per heavy atom. The van der Waals surface area contributed by atoms with Gasteiger partial charge in [-0.25, -0.2) is 0 Å². The van der Waals surface area contributed by atoms with Gasteiger partial charge in [-0.3, -0.25) is 4.79 Å². The van der Waals surface area contributed by atoms with Gasteiger partial charge in [-0.05, 0) is 25.6 Å². The van der Waals surface area contributed by atoms with Crippen LogP contribution in [0.25, 0.3) is 0 Å². The second-order valence-electron chi connectivity index (χ2n) is 5.50. The molecule has 0 spiro atoms. The maximum atomic E-state index is 9.47. The van der Waals surface area contributed by atoms with E-state index in [1.807, 2.05) is 0 Å². The zero-order valence-electron chi connectivity index (χ0n) is 14.5. The Morgan fingerprint density at radius 1 is 0.905 bits per heavy atom. The molecule has 0 saturated heterocycles. The number of nitrogens with one attached hydrogen (secondary N) is 1. The van der Waals surface area contributed by atoms with Gasteiger partial charge in [0.2, 0.25) is 5.91 Å². The number of carbonyl (C=O) groups excluding carboxylic acids is 1. The van der Waals surface area contributed by atoms with Gasteiger partial charge >= 0.3 is 0 Å². The lowest BCUT2D eigenvalue weighted by Crippen LogP contribution is -2.13. The van der Waals surface area contributed by atoms with Crippen LogP contribution in [0.1, 0.15) is 84.5 Å². The lowest BCUT2D eigenvalue weighted by molar-refractivity contribution is -0.113. The van der Waals surface area contributed by atoms with E-state index in [-0.39, 0.29) is 0 Å². The lowest BCUT2D eigenvalue weighted by atomic mass is 10.1. The van der Waals surface area contributed by atoms with Crippen LogP contribution in [0.2, 0.25) is 0 Å². The third-order valence-electron chi connectivity index (χ3n) is 3.41. The highest BCUT2D eigenvalue weighted by molar-refractivity contribution is 5.84. The number of amides is 1. The molecule has 0 atom stereocenters. The van der Waals surface area contributed by atoms with E-state index in [4.69, 9.17) is 0 Å². The Bertz CT molecular complexity index is 203. The molecule has 0 saturated carbocycles. The molecule has 0 aromatic rings. The van der Waals surface area contributed by atoms with Gasteiger partial charge in [0.1, 0.15) is 0 Å². The fraction of sp³-hybridized carbons (Fsp3) is 0.833. The molecular formula is C18H38N2O. The molecule has 0 aliphatic heterocycles. The van der Waals surface area contributed by atoms with E-state index in [0.717, 1.165) is 12.6 Å². The van der Waals surface area contributed by atoms with E-state index >= 15 is 0 Å². The highest BCUT2D eigenvalue weighted by Gasteiger charge is 1.92. The van der Waals surface area contributed by atoms with E-state index in [2.05, 4.69) is 31.5 Å². The van der Waals surface area contributed by atoms with Crippen molar-refractivity contribution in [3.63, 3.8) is 0 Å². The van der Waals surface area contributed by atoms with Gasteiger partial charge in [-0.1, -0.05) is 84.6 Å². The van der Waals surface area contributed by atoms with Crippen LogP contribution in [-0.4, -0.2) is 19.0 Å². The number of unbranched alkanes of at least 4 members (excludes halogenated alkanes) is 10. The monoisotopic (exact) mass is 298 g/mol. The van der Waals surface area contributed by atoms with Crippen molar-refractivity contribution in [1.29, 1.82) is 0 Å². The summed E-state index contributed by atoms with van der Waals surface area (Å²) in [6.07, 6.45) is 16.9. The van der Waals surface area contributed by atoms with Crippen molar-refractivity contribution in [2.75, 3.05) is 13.1 Å². The fourth-order valence-electron chi connectivity index (χ4n) is 2.09. The van der Waals surface area contributed by atoms with Crippen LogP contribution >= 0.6 is 0 Å². The maximum Gasteiger partial charge on any atom is 0.240 e. The standard InChI is InChI=1S/C15H33N.C3H5NO/c1-3-5-6-7-8-9-10-11-12-13-14-15-16-4-2;1-2-3(4)5/h16H,3-15H2,1-2H3;2H,1H2,(H2,4,5). The van der Waals surface area contributed by atoms with Crippen LogP contribution in [0.4, 0.5) is 0 Å². The Balaban J connectivity index is 0. The first-order valence-electron chi connectivity index (χ1n) is 8.81. The van der Waals surface area contributed by atoms with Gasteiger partial charge < -0.3 is 11.1 Å². The summed E-state index contributed by atoms with van der Waals surface area (Å²) in [5.74, 6) is -0.481. The molecule has 0 aliphatic rings. The number of hydrogen-bond donors (Lipinski definition) is 2. The summed E-state index contributed by atoms with van der Waals surface area (Å²) in [4.78, 5) is 9.47. The van der Waals surface area contributed by atoms with Crippen LogP contribution in [0.3, 0.4) is 0 Å². The number of hydrogen-bond acceptors (Lipinski definition) is 2. The highest BCUT2D eigenvalue weighted by Crippen LogP contribution is 2.10. The molecule has 0 aliphatic carbocycles. The van der Waals surface area contributed by atoms with E-state index in [1.165, 1.54) is 77.2 Å². The zero-order valence-corrected chi connectivity index (χ0v) is 14.5. The summed E-state index contributed by atoms with van der Waals surface area (Å²) in [7, 11) is 0. The predicted molar refractivity (Wildman–Crippen MR) is 94.4 cm³/mol. The molecule has 0 rings (SSSR count). The molecule has 0 aromatic heterocycles. The van der Waals surface area contributed by atoms with Crippen molar-refractivity contribution in [1.82, 2.24) is 5.32 Å². The third kappa shape index (κ3) is 28.1. The Kier molecular flexibility index (Phi) is 23.0.